The van der Waals surface area contributed by atoms with Crippen molar-refractivity contribution in [1.29, 1.82) is 0 Å². The molecule has 1 heterocycles. The second-order valence-electron chi connectivity index (χ2n) is 1.98. The van der Waals surface area contributed by atoms with E-state index in [1.165, 1.54) is 0 Å². The maximum absolute atomic E-state index is 4.74. The minimum Gasteiger partial charge on any atom is -0.210 e. The Morgan fingerprint density at radius 1 is 1.64 bits per heavy atom. The monoisotopic (exact) mass is 237 g/mol. The molecule has 0 amide bonds. The van der Waals surface area contributed by atoms with Gasteiger partial charge in [-0.05, 0) is 35.0 Å². The Labute approximate surface area is 77.1 Å². The summed E-state index contributed by atoms with van der Waals surface area (Å²) in [5, 5.41) is 0. The first kappa shape index (κ1) is 9.15. The Hall–Kier alpha value is 0.0600. The van der Waals surface area contributed by atoms with E-state index in [1.807, 2.05) is 19.1 Å². The van der Waals surface area contributed by atoms with Gasteiger partial charge in [-0.25, -0.2) is 4.89 Å². The van der Waals surface area contributed by atoms with E-state index >= 15 is 0 Å². The van der Waals surface area contributed by atoms with Crippen LogP contribution in [0.4, 0.5) is 0 Å². The van der Waals surface area contributed by atoms with E-state index in [-0.39, 0.29) is 6.10 Å². The summed E-state index contributed by atoms with van der Waals surface area (Å²) >= 11 is 4.93. The first-order valence-electron chi connectivity index (χ1n) is 3.01. The quantitative estimate of drug-likeness (QED) is 0.649. The summed E-state index contributed by atoms with van der Waals surface area (Å²) in [4.78, 5) is 9.84. The molecule has 1 atom stereocenters. The van der Waals surface area contributed by atoms with Crippen molar-refractivity contribution in [2.45, 2.75) is 13.0 Å². The molecular formula is C6H8BrNO2S. The lowest BCUT2D eigenvalue weighted by Crippen LogP contribution is -2.03. The normalized spacial score (nSPS) is 13.4. The van der Waals surface area contributed by atoms with Crippen LogP contribution in [-0.2, 0) is 9.88 Å². The van der Waals surface area contributed by atoms with Crippen LogP contribution in [0.25, 0.3) is 0 Å². The van der Waals surface area contributed by atoms with Gasteiger partial charge < -0.3 is 0 Å². The van der Waals surface area contributed by atoms with Crippen LogP contribution in [0.1, 0.15) is 17.9 Å². The van der Waals surface area contributed by atoms with Crippen molar-refractivity contribution in [3.05, 3.63) is 20.8 Å². The molecular weight excluding hydrogens is 230 g/mol. The number of hydrogen-bond donors (Lipinski definition) is 1. The zero-order valence-corrected chi connectivity index (χ0v) is 8.31. The van der Waals surface area contributed by atoms with E-state index in [0.29, 0.717) is 0 Å². The molecule has 1 unspecified atom stereocenters. The van der Waals surface area contributed by atoms with E-state index in [0.717, 1.165) is 8.66 Å². The fraction of sp³-hybridized carbons (Fsp3) is 0.333. The van der Waals surface area contributed by atoms with Crippen molar-refractivity contribution < 1.29 is 9.88 Å². The van der Waals surface area contributed by atoms with Crippen LogP contribution in [0, 0.1) is 0 Å². The Balaban J connectivity index is 2.60. The molecule has 0 fully saturated rings. The summed E-state index contributed by atoms with van der Waals surface area (Å²) in [7, 11) is 0. The SMILES string of the molecule is CC(OON)c1ccc(Br)s1. The van der Waals surface area contributed by atoms with Gasteiger partial charge in [0.1, 0.15) is 6.10 Å². The summed E-state index contributed by atoms with van der Waals surface area (Å²) in [6.45, 7) is 1.87. The van der Waals surface area contributed by atoms with Gasteiger partial charge in [-0.2, -0.15) is 5.90 Å². The van der Waals surface area contributed by atoms with Crippen molar-refractivity contribution in [3.63, 3.8) is 0 Å². The van der Waals surface area contributed by atoms with E-state index in [4.69, 9.17) is 10.8 Å². The van der Waals surface area contributed by atoms with Crippen LogP contribution in [0.15, 0.2) is 15.9 Å². The number of thiophene rings is 1. The van der Waals surface area contributed by atoms with Gasteiger partial charge in [-0.15, -0.1) is 16.3 Å². The predicted molar refractivity (Wildman–Crippen MR) is 46.8 cm³/mol. The van der Waals surface area contributed by atoms with Crippen LogP contribution in [0.5, 0.6) is 0 Å². The molecule has 0 aliphatic heterocycles. The number of rotatable bonds is 3. The number of hydrogen-bond acceptors (Lipinski definition) is 4. The molecule has 0 saturated carbocycles. The Bertz CT molecular complexity index is 228. The molecule has 0 aromatic carbocycles. The standard InChI is InChI=1S/C6H8BrNO2S/c1-4(9-10-8)5-2-3-6(7)11-5/h2-4H,8H2,1H3. The van der Waals surface area contributed by atoms with Gasteiger partial charge in [0.15, 0.2) is 0 Å². The summed E-state index contributed by atoms with van der Waals surface area (Å²) in [6.07, 6.45) is -0.115. The van der Waals surface area contributed by atoms with Crippen molar-refractivity contribution in [3.8, 4) is 0 Å². The molecule has 1 aromatic heterocycles. The van der Waals surface area contributed by atoms with Crippen molar-refractivity contribution >= 4 is 27.3 Å². The third-order valence-corrected chi connectivity index (χ3v) is 2.98. The first-order chi connectivity index (χ1) is 5.24. The van der Waals surface area contributed by atoms with Crippen LogP contribution in [-0.4, -0.2) is 0 Å². The van der Waals surface area contributed by atoms with Gasteiger partial charge in [0.2, 0.25) is 0 Å². The summed E-state index contributed by atoms with van der Waals surface area (Å²) < 4.78 is 1.07. The van der Waals surface area contributed by atoms with E-state index in [9.17, 15) is 0 Å². The maximum Gasteiger partial charge on any atom is 0.126 e. The molecule has 2 N–H and O–H groups in total. The molecule has 0 spiro atoms. The third-order valence-electron chi connectivity index (χ3n) is 1.19. The lowest BCUT2D eigenvalue weighted by Gasteiger charge is -2.05. The summed E-state index contributed by atoms with van der Waals surface area (Å²) in [5.74, 6) is 4.74. The first-order valence-corrected chi connectivity index (χ1v) is 4.62. The van der Waals surface area contributed by atoms with Gasteiger partial charge in [-0.1, -0.05) is 0 Å². The second kappa shape index (κ2) is 4.18. The molecule has 62 valence electrons. The predicted octanol–water partition coefficient (Wildman–Crippen LogP) is 2.39. The topological polar surface area (TPSA) is 44.5 Å². The summed E-state index contributed by atoms with van der Waals surface area (Å²) in [6, 6.07) is 3.91. The number of halogens is 1. The van der Waals surface area contributed by atoms with Gasteiger partial charge in [-0.3, -0.25) is 0 Å². The Kier molecular flexibility index (Phi) is 3.47. The van der Waals surface area contributed by atoms with Crippen LogP contribution in [0.2, 0.25) is 0 Å². The minimum atomic E-state index is -0.115. The maximum atomic E-state index is 4.74. The zero-order valence-electron chi connectivity index (χ0n) is 5.91. The van der Waals surface area contributed by atoms with Crippen molar-refractivity contribution in [2.24, 2.45) is 5.90 Å². The number of nitrogens with two attached hydrogens (primary N) is 1. The Morgan fingerprint density at radius 3 is 2.82 bits per heavy atom. The smallest absolute Gasteiger partial charge is 0.126 e. The minimum absolute atomic E-state index is 0.115. The highest BCUT2D eigenvalue weighted by Crippen LogP contribution is 2.28. The van der Waals surface area contributed by atoms with Gasteiger partial charge >= 0.3 is 0 Å². The molecule has 0 radical (unpaired) electrons. The van der Waals surface area contributed by atoms with Crippen LogP contribution in [0.3, 0.4) is 0 Å². The molecule has 0 saturated heterocycles. The lowest BCUT2D eigenvalue weighted by molar-refractivity contribution is -0.327. The fourth-order valence-electron chi connectivity index (χ4n) is 0.678. The van der Waals surface area contributed by atoms with Gasteiger partial charge in [0.05, 0.1) is 3.79 Å². The molecule has 1 rings (SSSR count). The van der Waals surface area contributed by atoms with Crippen molar-refractivity contribution in [2.75, 3.05) is 0 Å². The van der Waals surface area contributed by atoms with E-state index in [2.05, 4.69) is 20.9 Å². The van der Waals surface area contributed by atoms with E-state index in [1.54, 1.807) is 11.3 Å². The highest BCUT2D eigenvalue weighted by atomic mass is 79.9. The molecule has 0 bridgehead atoms. The fourth-order valence-corrected chi connectivity index (χ4v) is 2.07. The average Bonchev–Trinajstić information content (AvgIpc) is 2.36. The third kappa shape index (κ3) is 2.53. The average molecular weight is 238 g/mol. The molecule has 0 aliphatic rings. The van der Waals surface area contributed by atoms with Crippen LogP contribution < -0.4 is 5.90 Å². The molecule has 3 nitrogen and oxygen atoms in total. The van der Waals surface area contributed by atoms with Gasteiger partial charge in [0, 0.05) is 4.88 Å². The highest BCUT2D eigenvalue weighted by Gasteiger charge is 2.08. The molecule has 11 heavy (non-hydrogen) atoms. The Morgan fingerprint density at radius 2 is 2.36 bits per heavy atom. The highest BCUT2D eigenvalue weighted by molar-refractivity contribution is 9.11. The molecule has 5 heteroatoms. The van der Waals surface area contributed by atoms with E-state index < -0.39 is 0 Å². The van der Waals surface area contributed by atoms with Crippen LogP contribution >= 0.6 is 27.3 Å². The second-order valence-corrected chi connectivity index (χ2v) is 4.47. The largest absolute Gasteiger partial charge is 0.210 e. The van der Waals surface area contributed by atoms with Gasteiger partial charge in [0.25, 0.3) is 0 Å². The molecule has 0 aliphatic carbocycles. The summed E-state index contributed by atoms with van der Waals surface area (Å²) in [5.41, 5.74) is 0. The molecule has 1 aromatic rings. The lowest BCUT2D eigenvalue weighted by atomic mass is 10.3. The van der Waals surface area contributed by atoms with Crippen molar-refractivity contribution in [1.82, 2.24) is 0 Å². The zero-order chi connectivity index (χ0) is 8.27.